The van der Waals surface area contributed by atoms with Crippen LogP contribution in [0.25, 0.3) is 0 Å². The maximum absolute atomic E-state index is 9.40. The Balaban J connectivity index is 2.52. The molecule has 0 spiro atoms. The number of aliphatic hydroxyl groups excluding tert-OH is 1. The van der Waals surface area contributed by atoms with E-state index < -0.39 is 0 Å². The predicted molar refractivity (Wildman–Crippen MR) is 52.0 cm³/mol. The van der Waals surface area contributed by atoms with E-state index in [1.165, 1.54) is 12.0 Å². The molecule has 1 heteroatoms. The zero-order valence-electron chi connectivity index (χ0n) is 8.43. The molecule has 0 aliphatic heterocycles. The van der Waals surface area contributed by atoms with Gasteiger partial charge >= 0.3 is 0 Å². The largest absolute Gasteiger partial charge is 0.389 e. The molecule has 0 heterocycles. The molecule has 0 saturated heterocycles. The molecule has 1 nitrogen and oxygen atoms in total. The van der Waals surface area contributed by atoms with Gasteiger partial charge in [-0.2, -0.15) is 0 Å². The van der Waals surface area contributed by atoms with Gasteiger partial charge in [0.15, 0.2) is 0 Å². The summed E-state index contributed by atoms with van der Waals surface area (Å²) in [6, 6.07) is 0. The van der Waals surface area contributed by atoms with Crippen molar-refractivity contribution in [2.24, 2.45) is 5.41 Å². The topological polar surface area (TPSA) is 20.2 Å². The molecule has 1 aliphatic carbocycles. The summed E-state index contributed by atoms with van der Waals surface area (Å²) < 4.78 is 0. The number of allylic oxidation sites excluding steroid dienone is 1. The molecule has 0 aromatic heterocycles. The van der Waals surface area contributed by atoms with Crippen molar-refractivity contribution in [1.29, 1.82) is 0 Å². The van der Waals surface area contributed by atoms with E-state index in [-0.39, 0.29) is 6.10 Å². The highest BCUT2D eigenvalue weighted by molar-refractivity contribution is 5.10. The fraction of sp³-hybridized carbons (Fsp3) is 0.818. The highest BCUT2D eigenvalue weighted by atomic mass is 16.3. The summed E-state index contributed by atoms with van der Waals surface area (Å²) in [5.74, 6) is 0. The van der Waals surface area contributed by atoms with Crippen molar-refractivity contribution in [3.05, 3.63) is 11.6 Å². The van der Waals surface area contributed by atoms with Crippen LogP contribution in [-0.2, 0) is 0 Å². The Hall–Kier alpha value is -0.300. The fourth-order valence-corrected chi connectivity index (χ4v) is 1.81. The van der Waals surface area contributed by atoms with Crippen molar-refractivity contribution < 1.29 is 5.11 Å². The third-order valence-corrected chi connectivity index (χ3v) is 2.18. The van der Waals surface area contributed by atoms with Crippen LogP contribution in [0.5, 0.6) is 0 Å². The summed E-state index contributed by atoms with van der Waals surface area (Å²) in [5.41, 5.74) is 1.81. The Morgan fingerprint density at radius 2 is 2.17 bits per heavy atom. The third-order valence-electron chi connectivity index (χ3n) is 2.18. The van der Waals surface area contributed by atoms with Gasteiger partial charge in [-0.1, -0.05) is 32.4 Å². The summed E-state index contributed by atoms with van der Waals surface area (Å²) in [5, 5.41) is 9.40. The highest BCUT2D eigenvalue weighted by Crippen LogP contribution is 2.29. The molecule has 70 valence electrons. The van der Waals surface area contributed by atoms with E-state index in [0.717, 1.165) is 19.3 Å². The van der Waals surface area contributed by atoms with Gasteiger partial charge in [-0.25, -0.2) is 0 Å². The van der Waals surface area contributed by atoms with Crippen LogP contribution < -0.4 is 0 Å². The standard InChI is InChI=1S/C11H20O/c1-11(2,3)8-9-5-4-6-10(12)7-9/h7,10,12H,4-6,8H2,1-3H3. The average molecular weight is 168 g/mol. The first-order chi connectivity index (χ1) is 5.47. The first kappa shape index (κ1) is 9.79. The molecule has 1 aliphatic rings. The van der Waals surface area contributed by atoms with E-state index in [1.807, 2.05) is 0 Å². The maximum atomic E-state index is 9.40. The van der Waals surface area contributed by atoms with Gasteiger partial charge in [0.2, 0.25) is 0 Å². The van der Waals surface area contributed by atoms with Crippen molar-refractivity contribution in [3.63, 3.8) is 0 Å². The van der Waals surface area contributed by atoms with Gasteiger partial charge in [0.05, 0.1) is 6.10 Å². The van der Waals surface area contributed by atoms with Crippen molar-refractivity contribution in [3.8, 4) is 0 Å². The van der Waals surface area contributed by atoms with E-state index in [4.69, 9.17) is 0 Å². The minimum atomic E-state index is -0.170. The predicted octanol–water partition coefficient (Wildman–Crippen LogP) is 2.89. The lowest BCUT2D eigenvalue weighted by Crippen LogP contribution is -2.13. The van der Waals surface area contributed by atoms with Crippen LogP contribution in [0.2, 0.25) is 0 Å². The van der Waals surface area contributed by atoms with Gasteiger partial charge in [-0.15, -0.1) is 0 Å². The monoisotopic (exact) mass is 168 g/mol. The second-order valence-electron chi connectivity index (χ2n) is 5.02. The minimum absolute atomic E-state index is 0.170. The number of hydrogen-bond donors (Lipinski definition) is 1. The minimum Gasteiger partial charge on any atom is -0.389 e. The Bertz CT molecular complexity index is 174. The first-order valence-corrected chi connectivity index (χ1v) is 4.85. The van der Waals surface area contributed by atoms with Gasteiger partial charge in [-0.05, 0) is 31.1 Å². The average Bonchev–Trinajstić information content (AvgIpc) is 1.82. The summed E-state index contributed by atoms with van der Waals surface area (Å²) in [6.45, 7) is 6.73. The van der Waals surface area contributed by atoms with Crippen LogP contribution in [-0.4, -0.2) is 11.2 Å². The fourth-order valence-electron chi connectivity index (χ4n) is 1.81. The molecule has 12 heavy (non-hydrogen) atoms. The van der Waals surface area contributed by atoms with Gasteiger partial charge in [0.25, 0.3) is 0 Å². The Kier molecular flexibility index (Phi) is 2.94. The molecular weight excluding hydrogens is 148 g/mol. The summed E-state index contributed by atoms with van der Waals surface area (Å²) >= 11 is 0. The molecule has 1 rings (SSSR count). The summed E-state index contributed by atoms with van der Waals surface area (Å²) in [4.78, 5) is 0. The Labute approximate surface area is 75.5 Å². The van der Waals surface area contributed by atoms with E-state index in [1.54, 1.807) is 0 Å². The Morgan fingerprint density at radius 3 is 2.67 bits per heavy atom. The lowest BCUT2D eigenvalue weighted by molar-refractivity contribution is 0.199. The molecule has 0 amide bonds. The SMILES string of the molecule is CC(C)(C)CC1=CC(O)CCC1. The molecule has 0 fully saturated rings. The number of hydrogen-bond acceptors (Lipinski definition) is 1. The molecule has 0 aromatic carbocycles. The smallest absolute Gasteiger partial charge is 0.0723 e. The van der Waals surface area contributed by atoms with Crippen LogP contribution >= 0.6 is 0 Å². The zero-order valence-corrected chi connectivity index (χ0v) is 8.43. The molecule has 0 saturated carbocycles. The van der Waals surface area contributed by atoms with Crippen LogP contribution in [0.4, 0.5) is 0 Å². The van der Waals surface area contributed by atoms with Gasteiger partial charge in [0, 0.05) is 0 Å². The van der Waals surface area contributed by atoms with E-state index >= 15 is 0 Å². The first-order valence-electron chi connectivity index (χ1n) is 4.85. The van der Waals surface area contributed by atoms with Crippen LogP contribution in [0, 0.1) is 5.41 Å². The van der Waals surface area contributed by atoms with Crippen LogP contribution in [0.1, 0.15) is 46.5 Å². The van der Waals surface area contributed by atoms with E-state index in [9.17, 15) is 5.11 Å². The van der Waals surface area contributed by atoms with Crippen molar-refractivity contribution in [2.75, 3.05) is 0 Å². The molecule has 1 atom stereocenters. The number of aliphatic hydroxyl groups is 1. The van der Waals surface area contributed by atoms with Crippen molar-refractivity contribution in [1.82, 2.24) is 0 Å². The molecular formula is C11H20O. The van der Waals surface area contributed by atoms with E-state index in [0.29, 0.717) is 5.41 Å². The van der Waals surface area contributed by atoms with Gasteiger partial charge < -0.3 is 5.11 Å². The molecule has 0 aromatic rings. The van der Waals surface area contributed by atoms with Crippen molar-refractivity contribution >= 4 is 0 Å². The highest BCUT2D eigenvalue weighted by Gasteiger charge is 2.16. The maximum Gasteiger partial charge on any atom is 0.0723 e. The molecule has 0 bridgehead atoms. The molecule has 0 radical (unpaired) electrons. The van der Waals surface area contributed by atoms with Crippen LogP contribution in [0.15, 0.2) is 11.6 Å². The quantitative estimate of drug-likeness (QED) is 0.597. The Morgan fingerprint density at radius 1 is 1.50 bits per heavy atom. The summed E-state index contributed by atoms with van der Waals surface area (Å²) in [6.07, 6.45) is 6.31. The summed E-state index contributed by atoms with van der Waals surface area (Å²) in [7, 11) is 0. The zero-order chi connectivity index (χ0) is 9.19. The number of rotatable bonds is 1. The van der Waals surface area contributed by atoms with Gasteiger partial charge in [-0.3, -0.25) is 0 Å². The lowest BCUT2D eigenvalue weighted by Gasteiger charge is -2.24. The van der Waals surface area contributed by atoms with Gasteiger partial charge in [0.1, 0.15) is 0 Å². The van der Waals surface area contributed by atoms with Crippen molar-refractivity contribution in [2.45, 2.75) is 52.6 Å². The van der Waals surface area contributed by atoms with E-state index in [2.05, 4.69) is 26.8 Å². The molecule has 1 N–H and O–H groups in total. The molecule has 1 unspecified atom stereocenters. The third kappa shape index (κ3) is 3.40. The van der Waals surface area contributed by atoms with Crippen LogP contribution in [0.3, 0.4) is 0 Å². The second kappa shape index (κ2) is 3.61. The normalized spacial score (nSPS) is 25.3. The lowest BCUT2D eigenvalue weighted by atomic mass is 9.83. The second-order valence-corrected chi connectivity index (χ2v) is 5.02.